The molecule has 134 valence electrons. The standard InChI is InChI=1S/C21H28N2O2/c1-4-13-12-23-8-7-14(13)9-18(23)20-21(2)11-19(25-20)22-17-6-5-15(24-3)10-16(17)21/h4-6,10,13-14,18-20,22H,1,7-9,11-12H2,2-3H3/t13-,14-,18+,19+,20+,21+/m0/s1. The predicted molar refractivity (Wildman–Crippen MR) is 99.0 cm³/mol. The first-order chi connectivity index (χ1) is 12.1. The second-order valence-corrected chi connectivity index (χ2v) is 8.47. The minimum absolute atomic E-state index is 0.0472. The first-order valence-electron chi connectivity index (χ1n) is 9.59. The van der Waals surface area contributed by atoms with Gasteiger partial charge >= 0.3 is 0 Å². The largest absolute Gasteiger partial charge is 0.497 e. The molecule has 7 atom stereocenters. The second kappa shape index (κ2) is 5.49. The van der Waals surface area contributed by atoms with Crippen molar-refractivity contribution in [2.45, 2.75) is 50.0 Å². The Morgan fingerprint density at radius 2 is 2.32 bits per heavy atom. The van der Waals surface area contributed by atoms with Gasteiger partial charge < -0.3 is 14.8 Å². The van der Waals surface area contributed by atoms with Gasteiger partial charge in [-0.3, -0.25) is 4.90 Å². The molecule has 25 heavy (non-hydrogen) atoms. The van der Waals surface area contributed by atoms with Crippen LogP contribution in [0.2, 0.25) is 0 Å². The summed E-state index contributed by atoms with van der Waals surface area (Å²) in [4.78, 5) is 2.67. The molecule has 4 saturated heterocycles. The Labute approximate surface area is 150 Å². The molecule has 0 radical (unpaired) electrons. The summed E-state index contributed by atoms with van der Waals surface area (Å²) < 4.78 is 12.1. The zero-order valence-electron chi connectivity index (χ0n) is 15.2. The highest BCUT2D eigenvalue weighted by Gasteiger charge is 2.56. The molecule has 1 N–H and O–H groups in total. The molecule has 1 aromatic carbocycles. The van der Waals surface area contributed by atoms with Crippen molar-refractivity contribution in [3.8, 4) is 5.75 Å². The van der Waals surface area contributed by atoms with E-state index in [2.05, 4.69) is 41.9 Å². The van der Waals surface area contributed by atoms with Gasteiger partial charge in [0.1, 0.15) is 12.0 Å². The quantitative estimate of drug-likeness (QED) is 0.855. The third-order valence-electron chi connectivity index (χ3n) is 7.21. The number of ether oxygens (including phenoxy) is 2. The van der Waals surface area contributed by atoms with Crippen molar-refractivity contribution in [2.24, 2.45) is 11.8 Å². The molecule has 4 heteroatoms. The number of nitrogens with one attached hydrogen (secondary N) is 1. The molecule has 0 saturated carbocycles. The normalized spacial score (nSPS) is 44.1. The summed E-state index contributed by atoms with van der Waals surface area (Å²) >= 11 is 0. The van der Waals surface area contributed by atoms with E-state index in [0.29, 0.717) is 12.0 Å². The summed E-state index contributed by atoms with van der Waals surface area (Å²) in [6.45, 7) is 8.81. The highest BCUT2D eigenvalue weighted by Crippen LogP contribution is 2.53. The number of benzene rings is 1. The molecule has 4 fully saturated rings. The van der Waals surface area contributed by atoms with Crippen LogP contribution in [-0.4, -0.2) is 43.5 Å². The monoisotopic (exact) mass is 340 g/mol. The van der Waals surface area contributed by atoms with Crippen molar-refractivity contribution in [3.63, 3.8) is 0 Å². The van der Waals surface area contributed by atoms with E-state index < -0.39 is 0 Å². The van der Waals surface area contributed by atoms with Gasteiger partial charge in [-0.25, -0.2) is 0 Å². The van der Waals surface area contributed by atoms with Gasteiger partial charge in [0.2, 0.25) is 0 Å². The fraction of sp³-hybridized carbons (Fsp3) is 0.619. The van der Waals surface area contributed by atoms with Crippen molar-refractivity contribution in [2.75, 3.05) is 25.5 Å². The summed E-state index contributed by atoms with van der Waals surface area (Å²) in [6, 6.07) is 6.91. The van der Waals surface area contributed by atoms with Gasteiger partial charge in [-0.1, -0.05) is 13.0 Å². The third kappa shape index (κ3) is 2.20. The number of rotatable bonds is 3. The van der Waals surface area contributed by atoms with Crippen LogP contribution >= 0.6 is 0 Å². The lowest BCUT2D eigenvalue weighted by Gasteiger charge is -2.52. The van der Waals surface area contributed by atoms with Crippen molar-refractivity contribution in [3.05, 3.63) is 36.4 Å². The van der Waals surface area contributed by atoms with Crippen LogP contribution in [0.3, 0.4) is 0 Å². The van der Waals surface area contributed by atoms with E-state index in [0.717, 1.165) is 24.6 Å². The Balaban J connectivity index is 1.50. The molecule has 5 aliphatic heterocycles. The predicted octanol–water partition coefficient (Wildman–Crippen LogP) is 3.39. The van der Waals surface area contributed by atoms with Crippen molar-refractivity contribution >= 4 is 5.69 Å². The smallest absolute Gasteiger partial charge is 0.129 e. The molecular weight excluding hydrogens is 312 g/mol. The maximum Gasteiger partial charge on any atom is 0.129 e. The average molecular weight is 340 g/mol. The van der Waals surface area contributed by atoms with Crippen LogP contribution in [0, 0.1) is 11.8 Å². The lowest BCUT2D eigenvalue weighted by Crippen LogP contribution is -2.60. The van der Waals surface area contributed by atoms with Gasteiger partial charge in [-0.2, -0.15) is 0 Å². The third-order valence-corrected chi connectivity index (χ3v) is 7.21. The van der Waals surface area contributed by atoms with E-state index in [1.165, 1.54) is 30.6 Å². The average Bonchev–Trinajstić information content (AvgIpc) is 2.93. The molecule has 0 aliphatic carbocycles. The lowest BCUT2D eigenvalue weighted by molar-refractivity contribution is -0.0766. The lowest BCUT2D eigenvalue weighted by atomic mass is 9.66. The van der Waals surface area contributed by atoms with Gasteiger partial charge in [-0.05, 0) is 55.0 Å². The van der Waals surface area contributed by atoms with E-state index in [1.807, 2.05) is 6.07 Å². The zero-order chi connectivity index (χ0) is 17.2. The molecule has 1 unspecified atom stereocenters. The minimum Gasteiger partial charge on any atom is -0.497 e. The number of methoxy groups -OCH3 is 1. The Hall–Kier alpha value is -1.52. The van der Waals surface area contributed by atoms with Gasteiger partial charge in [0, 0.05) is 30.1 Å². The summed E-state index contributed by atoms with van der Waals surface area (Å²) in [7, 11) is 1.74. The first kappa shape index (κ1) is 15.7. The molecule has 5 aliphatic rings. The van der Waals surface area contributed by atoms with Crippen LogP contribution in [0.5, 0.6) is 5.75 Å². The van der Waals surface area contributed by atoms with Crippen LogP contribution in [-0.2, 0) is 10.2 Å². The molecule has 4 bridgehead atoms. The Morgan fingerprint density at radius 1 is 1.44 bits per heavy atom. The summed E-state index contributed by atoms with van der Waals surface area (Å²) in [5.74, 6) is 2.37. The molecular formula is C21H28N2O2. The van der Waals surface area contributed by atoms with Crippen LogP contribution < -0.4 is 10.1 Å². The topological polar surface area (TPSA) is 33.7 Å². The second-order valence-electron chi connectivity index (χ2n) is 8.47. The Morgan fingerprint density at radius 3 is 3.04 bits per heavy atom. The van der Waals surface area contributed by atoms with E-state index in [9.17, 15) is 0 Å². The van der Waals surface area contributed by atoms with Gasteiger partial charge in [0.05, 0.1) is 13.2 Å². The number of piperidine rings is 3. The fourth-order valence-electron chi connectivity index (χ4n) is 5.85. The van der Waals surface area contributed by atoms with E-state index in [-0.39, 0.29) is 17.7 Å². The summed E-state index contributed by atoms with van der Waals surface area (Å²) in [6.07, 6.45) is 6.13. The number of hydrogen-bond acceptors (Lipinski definition) is 4. The number of nitrogens with zero attached hydrogens (tertiary/aromatic N) is 1. The van der Waals surface area contributed by atoms with Crippen LogP contribution in [0.4, 0.5) is 5.69 Å². The maximum atomic E-state index is 6.59. The number of fused-ring (bicyclic) bond motifs is 7. The van der Waals surface area contributed by atoms with Gasteiger partial charge in [0.25, 0.3) is 0 Å². The molecule has 0 spiro atoms. The van der Waals surface area contributed by atoms with Gasteiger partial charge in [0.15, 0.2) is 0 Å². The van der Waals surface area contributed by atoms with E-state index >= 15 is 0 Å². The Kier molecular flexibility index (Phi) is 3.45. The van der Waals surface area contributed by atoms with E-state index in [1.54, 1.807) is 7.11 Å². The van der Waals surface area contributed by atoms with Crippen molar-refractivity contribution in [1.82, 2.24) is 4.90 Å². The SMILES string of the molecule is C=C[C@H]1CN2CC[C@H]1C[C@@H]2[C@H]1O[C@@H]2C[C@]1(C)c1cc(OC)ccc1N2. The first-order valence-corrected chi connectivity index (χ1v) is 9.59. The molecule has 6 rings (SSSR count). The molecule has 0 amide bonds. The van der Waals surface area contributed by atoms with E-state index in [4.69, 9.17) is 9.47 Å². The van der Waals surface area contributed by atoms with Gasteiger partial charge in [-0.15, -0.1) is 6.58 Å². The summed E-state index contributed by atoms with van der Waals surface area (Å²) in [5.41, 5.74) is 2.61. The van der Waals surface area contributed by atoms with Crippen molar-refractivity contribution in [1.29, 1.82) is 0 Å². The molecule has 1 aromatic rings. The van der Waals surface area contributed by atoms with Crippen LogP contribution in [0.1, 0.15) is 31.7 Å². The summed E-state index contributed by atoms with van der Waals surface area (Å²) in [5, 5.41) is 3.59. The Bertz CT molecular complexity index is 705. The number of anilines is 1. The number of hydrogen-bond donors (Lipinski definition) is 1. The minimum atomic E-state index is 0.0472. The van der Waals surface area contributed by atoms with Crippen LogP contribution in [0.25, 0.3) is 0 Å². The maximum absolute atomic E-state index is 6.59. The van der Waals surface area contributed by atoms with Crippen molar-refractivity contribution < 1.29 is 9.47 Å². The van der Waals surface area contributed by atoms with Crippen LogP contribution in [0.15, 0.2) is 30.9 Å². The highest BCUT2D eigenvalue weighted by molar-refractivity contribution is 5.61. The zero-order valence-corrected chi connectivity index (χ0v) is 15.2. The molecule has 5 heterocycles. The fourth-order valence-corrected chi connectivity index (χ4v) is 5.85. The molecule has 4 nitrogen and oxygen atoms in total. The molecule has 0 aromatic heterocycles. The highest BCUT2D eigenvalue weighted by atomic mass is 16.5.